The maximum Gasteiger partial charge on any atom is 0.256 e. The van der Waals surface area contributed by atoms with E-state index in [2.05, 4.69) is 26.8 Å². The first-order valence-corrected chi connectivity index (χ1v) is 11.7. The quantitative estimate of drug-likeness (QED) is 0.416. The molecule has 1 unspecified atom stereocenters. The summed E-state index contributed by atoms with van der Waals surface area (Å²) in [5, 5.41) is 8.33. The smallest absolute Gasteiger partial charge is 0.256 e. The molecule has 3 aromatic heterocycles. The number of nitrogens with two attached hydrogens (primary N) is 1. The maximum atomic E-state index is 12.6. The van der Waals surface area contributed by atoms with Gasteiger partial charge in [0.15, 0.2) is 5.65 Å². The van der Waals surface area contributed by atoms with E-state index >= 15 is 0 Å². The highest BCUT2D eigenvalue weighted by Crippen LogP contribution is 2.36. The normalized spacial score (nSPS) is 17.6. The second-order valence-electron chi connectivity index (χ2n) is 8.68. The fourth-order valence-corrected chi connectivity index (χ4v) is 4.71. The number of nitrogens with one attached hydrogen (secondary N) is 1. The molecule has 1 aliphatic rings. The number of amides is 2. The number of hydrogen-bond acceptors (Lipinski definition) is 7. The van der Waals surface area contributed by atoms with Crippen LogP contribution >= 0.6 is 0 Å². The van der Waals surface area contributed by atoms with Crippen LogP contribution in [-0.2, 0) is 4.79 Å². The van der Waals surface area contributed by atoms with E-state index in [9.17, 15) is 9.59 Å². The molecule has 0 radical (unpaired) electrons. The van der Waals surface area contributed by atoms with Crippen molar-refractivity contribution in [3.63, 3.8) is 0 Å². The Bertz CT molecular complexity index is 1430. The average molecular weight is 483 g/mol. The van der Waals surface area contributed by atoms with Crippen LogP contribution < -0.4 is 11.1 Å². The summed E-state index contributed by atoms with van der Waals surface area (Å²) in [7, 11) is 0. The van der Waals surface area contributed by atoms with Crippen LogP contribution in [0.25, 0.3) is 22.3 Å². The third kappa shape index (κ3) is 4.17. The van der Waals surface area contributed by atoms with Crippen LogP contribution in [0.2, 0.25) is 0 Å². The predicted molar refractivity (Wildman–Crippen MR) is 137 cm³/mol. The minimum Gasteiger partial charge on any atom is -0.383 e. The third-order valence-electron chi connectivity index (χ3n) is 6.56. The number of carbonyl (C=O) groups excluding carboxylic acids is 2. The minimum absolute atomic E-state index is 0.0865. The maximum absolute atomic E-state index is 12.6. The van der Waals surface area contributed by atoms with E-state index in [1.54, 1.807) is 36.5 Å². The van der Waals surface area contributed by atoms with Crippen molar-refractivity contribution in [2.24, 2.45) is 0 Å². The van der Waals surface area contributed by atoms with Gasteiger partial charge in [0.1, 0.15) is 23.7 Å². The number of likely N-dealkylation sites (tertiary alicyclic amines) is 1. The molecule has 182 valence electrons. The summed E-state index contributed by atoms with van der Waals surface area (Å²) >= 11 is 0. The van der Waals surface area contributed by atoms with E-state index in [1.165, 1.54) is 12.4 Å². The first kappa shape index (κ1) is 23.2. The van der Waals surface area contributed by atoms with Crippen molar-refractivity contribution in [1.29, 1.82) is 0 Å². The lowest BCUT2D eigenvalue weighted by Gasteiger charge is -2.39. The molecule has 0 spiro atoms. The highest BCUT2D eigenvalue weighted by Gasteiger charge is 2.34. The number of anilines is 2. The summed E-state index contributed by atoms with van der Waals surface area (Å²) in [4.78, 5) is 39.7. The SMILES string of the molecule is C=CC(=O)N1CCCC(n2nc(-c3ccc(C(=O)Nc4ccccn4)cc3)c3c(N)ncnc32)[C@H]1C. The standard InChI is InChI=1S/C26H26N8O2/c1-3-21(35)33-14-6-7-19(16(33)2)34-25-22(24(27)29-15-30-25)23(32-34)17-9-11-18(12-10-17)26(36)31-20-8-4-5-13-28-20/h3-5,8-13,15-16,19H,1,6-7,14H2,2H3,(H2,27,29,30)(H,28,31,36)/t16-,19?/m1/s1. The van der Waals surface area contributed by atoms with E-state index < -0.39 is 0 Å². The summed E-state index contributed by atoms with van der Waals surface area (Å²) in [6.07, 6.45) is 6.06. The van der Waals surface area contributed by atoms with E-state index in [-0.39, 0.29) is 23.9 Å². The Labute approximate surface area is 207 Å². The monoisotopic (exact) mass is 482 g/mol. The zero-order valence-corrected chi connectivity index (χ0v) is 19.8. The van der Waals surface area contributed by atoms with E-state index in [0.29, 0.717) is 40.5 Å². The lowest BCUT2D eigenvalue weighted by molar-refractivity contribution is -0.130. The van der Waals surface area contributed by atoms with Gasteiger partial charge >= 0.3 is 0 Å². The number of pyridine rings is 1. The van der Waals surface area contributed by atoms with Crippen molar-refractivity contribution in [3.05, 3.63) is 73.2 Å². The van der Waals surface area contributed by atoms with E-state index in [1.807, 2.05) is 28.6 Å². The zero-order valence-electron chi connectivity index (χ0n) is 19.8. The number of nitrogens with zero attached hydrogens (tertiary/aromatic N) is 6. The van der Waals surface area contributed by atoms with Crippen LogP contribution in [0.3, 0.4) is 0 Å². The van der Waals surface area contributed by atoms with Gasteiger partial charge in [0.05, 0.1) is 17.5 Å². The first-order chi connectivity index (χ1) is 17.5. The number of piperidine rings is 1. The molecule has 10 heteroatoms. The third-order valence-corrected chi connectivity index (χ3v) is 6.56. The van der Waals surface area contributed by atoms with E-state index in [4.69, 9.17) is 10.8 Å². The fraction of sp³-hybridized carbons (Fsp3) is 0.231. The van der Waals surface area contributed by atoms with Crippen molar-refractivity contribution in [2.75, 3.05) is 17.6 Å². The van der Waals surface area contributed by atoms with Crippen molar-refractivity contribution >= 4 is 34.5 Å². The van der Waals surface area contributed by atoms with Crippen molar-refractivity contribution in [1.82, 2.24) is 29.6 Å². The number of fused-ring (bicyclic) bond motifs is 1. The number of hydrogen-bond donors (Lipinski definition) is 2. The molecule has 4 aromatic rings. The number of benzene rings is 1. The van der Waals surface area contributed by atoms with Crippen LogP contribution in [-0.4, -0.2) is 54.0 Å². The van der Waals surface area contributed by atoms with Gasteiger partial charge in [-0.25, -0.2) is 19.6 Å². The molecule has 4 heterocycles. The summed E-state index contributed by atoms with van der Waals surface area (Å²) in [5.74, 6) is 0.437. The van der Waals surface area contributed by atoms with Gasteiger partial charge in [0, 0.05) is 23.9 Å². The van der Waals surface area contributed by atoms with E-state index in [0.717, 1.165) is 18.4 Å². The molecule has 0 saturated carbocycles. The predicted octanol–water partition coefficient (Wildman–Crippen LogP) is 3.46. The molecular weight excluding hydrogens is 456 g/mol. The van der Waals surface area contributed by atoms with Crippen LogP contribution in [0.15, 0.2) is 67.6 Å². The Morgan fingerprint density at radius 2 is 1.94 bits per heavy atom. The lowest BCUT2D eigenvalue weighted by Crippen LogP contribution is -2.47. The number of carbonyl (C=O) groups is 2. The molecule has 1 saturated heterocycles. The molecule has 5 rings (SSSR count). The Balaban J connectivity index is 1.50. The van der Waals surface area contributed by atoms with Crippen molar-refractivity contribution in [2.45, 2.75) is 31.8 Å². The van der Waals surface area contributed by atoms with Gasteiger partial charge in [-0.1, -0.05) is 24.8 Å². The summed E-state index contributed by atoms with van der Waals surface area (Å²) < 4.78 is 1.86. The number of nitrogen functional groups attached to an aromatic ring is 1. The van der Waals surface area contributed by atoms with Crippen LogP contribution in [0.1, 0.15) is 36.2 Å². The Kier molecular flexibility index (Phi) is 6.16. The molecule has 1 aromatic carbocycles. The Hall–Kier alpha value is -4.60. The fourth-order valence-electron chi connectivity index (χ4n) is 4.71. The first-order valence-electron chi connectivity index (χ1n) is 11.7. The molecule has 0 bridgehead atoms. The molecule has 10 nitrogen and oxygen atoms in total. The van der Waals surface area contributed by atoms with Crippen LogP contribution in [0, 0.1) is 0 Å². The molecule has 1 fully saturated rings. The van der Waals surface area contributed by atoms with Gasteiger partial charge in [-0.3, -0.25) is 9.59 Å². The minimum atomic E-state index is -0.263. The van der Waals surface area contributed by atoms with Gasteiger partial charge in [-0.05, 0) is 50.1 Å². The Morgan fingerprint density at radius 1 is 1.14 bits per heavy atom. The Morgan fingerprint density at radius 3 is 2.67 bits per heavy atom. The molecule has 3 N–H and O–H groups in total. The van der Waals surface area contributed by atoms with Gasteiger partial charge < -0.3 is 16.0 Å². The number of aromatic nitrogens is 5. The summed E-state index contributed by atoms with van der Waals surface area (Å²) in [6, 6.07) is 12.2. The van der Waals surface area contributed by atoms with Crippen LogP contribution in [0.5, 0.6) is 0 Å². The highest BCUT2D eigenvalue weighted by molar-refractivity contribution is 6.04. The molecule has 36 heavy (non-hydrogen) atoms. The number of rotatable bonds is 5. The zero-order chi connectivity index (χ0) is 25.2. The summed E-state index contributed by atoms with van der Waals surface area (Å²) in [6.45, 7) is 6.32. The second kappa shape index (κ2) is 9.57. The molecule has 2 amide bonds. The lowest BCUT2D eigenvalue weighted by atomic mass is 9.97. The molecule has 0 aliphatic carbocycles. The van der Waals surface area contributed by atoms with Gasteiger partial charge in [-0.2, -0.15) is 5.10 Å². The van der Waals surface area contributed by atoms with Crippen molar-refractivity contribution < 1.29 is 9.59 Å². The molecular formula is C26H26N8O2. The van der Waals surface area contributed by atoms with Crippen molar-refractivity contribution in [3.8, 4) is 11.3 Å². The summed E-state index contributed by atoms with van der Waals surface area (Å²) in [5.41, 5.74) is 8.77. The topological polar surface area (TPSA) is 132 Å². The average Bonchev–Trinajstić information content (AvgIpc) is 3.30. The molecule has 1 aliphatic heterocycles. The van der Waals surface area contributed by atoms with Crippen LogP contribution in [0.4, 0.5) is 11.6 Å². The van der Waals surface area contributed by atoms with Gasteiger partial charge in [0.25, 0.3) is 5.91 Å². The highest BCUT2D eigenvalue weighted by atomic mass is 16.2. The second-order valence-corrected chi connectivity index (χ2v) is 8.68. The van der Waals surface area contributed by atoms with Gasteiger partial charge in [0.2, 0.25) is 5.91 Å². The molecule has 2 atom stereocenters. The van der Waals surface area contributed by atoms with Gasteiger partial charge in [-0.15, -0.1) is 0 Å². The largest absolute Gasteiger partial charge is 0.383 e.